The topological polar surface area (TPSA) is 89.5 Å². The molecular formula is C15H24N4O5. The summed E-state index contributed by atoms with van der Waals surface area (Å²) in [6, 6.07) is 0. The second-order valence-electron chi connectivity index (χ2n) is 5.43. The Hall–Kier alpha value is -1.97. The molecule has 0 amide bonds. The SMILES string of the molecule is COCCOCCOCCc1nc2c(c(=O)n(C)c(=O)n2C)n1C. The largest absolute Gasteiger partial charge is 0.382 e. The second-order valence-corrected chi connectivity index (χ2v) is 5.43. The Kier molecular flexibility index (Phi) is 6.29. The molecule has 0 saturated carbocycles. The van der Waals surface area contributed by atoms with E-state index in [1.165, 1.54) is 11.6 Å². The van der Waals surface area contributed by atoms with Gasteiger partial charge in [-0.1, -0.05) is 0 Å². The first-order valence-corrected chi connectivity index (χ1v) is 7.74. The molecule has 2 rings (SSSR count). The van der Waals surface area contributed by atoms with Gasteiger partial charge in [0.15, 0.2) is 11.2 Å². The van der Waals surface area contributed by atoms with E-state index in [-0.39, 0.29) is 11.2 Å². The Bertz CT molecular complexity index is 805. The summed E-state index contributed by atoms with van der Waals surface area (Å²) >= 11 is 0. The Balaban J connectivity index is 2.00. The van der Waals surface area contributed by atoms with Crippen LogP contribution in [0.15, 0.2) is 9.59 Å². The zero-order valence-electron chi connectivity index (χ0n) is 14.6. The Morgan fingerprint density at radius 1 is 0.875 bits per heavy atom. The quantitative estimate of drug-likeness (QED) is 0.555. The molecule has 0 aliphatic carbocycles. The number of hydrogen-bond donors (Lipinski definition) is 0. The summed E-state index contributed by atoms with van der Waals surface area (Å²) < 4.78 is 19.9. The monoisotopic (exact) mass is 340 g/mol. The van der Waals surface area contributed by atoms with Crippen molar-refractivity contribution in [3.05, 3.63) is 26.7 Å². The Morgan fingerprint density at radius 3 is 2.17 bits per heavy atom. The van der Waals surface area contributed by atoms with E-state index in [0.717, 1.165) is 4.57 Å². The van der Waals surface area contributed by atoms with Gasteiger partial charge in [-0.25, -0.2) is 9.78 Å². The maximum absolute atomic E-state index is 12.3. The molecule has 0 fully saturated rings. The van der Waals surface area contributed by atoms with Gasteiger partial charge in [0.2, 0.25) is 0 Å². The van der Waals surface area contributed by atoms with Gasteiger partial charge < -0.3 is 18.8 Å². The van der Waals surface area contributed by atoms with Crippen molar-refractivity contribution in [1.82, 2.24) is 18.7 Å². The van der Waals surface area contributed by atoms with Crippen LogP contribution in [0.4, 0.5) is 0 Å². The average molecular weight is 340 g/mol. The van der Waals surface area contributed by atoms with Gasteiger partial charge in [0.1, 0.15) is 5.82 Å². The van der Waals surface area contributed by atoms with Crippen LogP contribution < -0.4 is 11.2 Å². The van der Waals surface area contributed by atoms with Crippen LogP contribution in [-0.4, -0.2) is 58.8 Å². The van der Waals surface area contributed by atoms with Crippen molar-refractivity contribution in [1.29, 1.82) is 0 Å². The van der Waals surface area contributed by atoms with Crippen LogP contribution in [0.3, 0.4) is 0 Å². The summed E-state index contributed by atoms with van der Waals surface area (Å²) in [5.41, 5.74) is 0.0735. The van der Waals surface area contributed by atoms with E-state index in [4.69, 9.17) is 14.2 Å². The van der Waals surface area contributed by atoms with Crippen LogP contribution in [0.5, 0.6) is 0 Å². The molecule has 0 saturated heterocycles. The zero-order chi connectivity index (χ0) is 17.7. The molecule has 24 heavy (non-hydrogen) atoms. The predicted octanol–water partition coefficient (Wildman–Crippen LogP) is -0.807. The summed E-state index contributed by atoms with van der Waals surface area (Å²) in [5.74, 6) is 0.698. The van der Waals surface area contributed by atoms with E-state index in [0.29, 0.717) is 56.4 Å². The molecule has 134 valence electrons. The molecule has 0 unspecified atom stereocenters. The lowest BCUT2D eigenvalue weighted by atomic mass is 10.4. The smallest absolute Gasteiger partial charge is 0.332 e. The van der Waals surface area contributed by atoms with E-state index < -0.39 is 0 Å². The van der Waals surface area contributed by atoms with Crippen molar-refractivity contribution < 1.29 is 14.2 Å². The van der Waals surface area contributed by atoms with Crippen LogP contribution in [0, 0.1) is 0 Å². The second kappa shape index (κ2) is 8.22. The van der Waals surface area contributed by atoms with Gasteiger partial charge in [0.25, 0.3) is 5.56 Å². The molecule has 9 nitrogen and oxygen atoms in total. The molecule has 0 bridgehead atoms. The number of hydrogen-bond acceptors (Lipinski definition) is 6. The van der Waals surface area contributed by atoms with Crippen molar-refractivity contribution in [2.45, 2.75) is 6.42 Å². The lowest BCUT2D eigenvalue weighted by Crippen LogP contribution is -2.37. The maximum Gasteiger partial charge on any atom is 0.332 e. The number of rotatable bonds is 9. The fourth-order valence-corrected chi connectivity index (χ4v) is 2.41. The first kappa shape index (κ1) is 18.4. The molecule has 9 heteroatoms. The van der Waals surface area contributed by atoms with Crippen LogP contribution in [0.25, 0.3) is 11.2 Å². The molecule has 0 spiro atoms. The number of aryl methyl sites for hydroxylation is 2. The summed E-state index contributed by atoms with van der Waals surface area (Å²) in [6.45, 7) is 2.55. The highest BCUT2D eigenvalue weighted by Gasteiger charge is 2.16. The average Bonchev–Trinajstić information content (AvgIpc) is 2.90. The van der Waals surface area contributed by atoms with Crippen LogP contribution in [0.1, 0.15) is 5.82 Å². The number of imidazole rings is 1. The van der Waals surface area contributed by atoms with Crippen LogP contribution >= 0.6 is 0 Å². The van der Waals surface area contributed by atoms with Gasteiger partial charge in [-0.05, 0) is 0 Å². The van der Waals surface area contributed by atoms with Gasteiger partial charge >= 0.3 is 5.69 Å². The summed E-state index contributed by atoms with van der Waals surface area (Å²) in [7, 11) is 6.46. The highest BCUT2D eigenvalue weighted by atomic mass is 16.5. The molecule has 2 aromatic heterocycles. The number of nitrogens with zero attached hydrogens (tertiary/aromatic N) is 4. The van der Waals surface area contributed by atoms with Gasteiger partial charge in [-0.3, -0.25) is 13.9 Å². The maximum atomic E-state index is 12.3. The summed E-state index contributed by atoms with van der Waals surface area (Å²) in [5, 5.41) is 0. The van der Waals surface area contributed by atoms with Gasteiger partial charge in [-0.2, -0.15) is 0 Å². The molecule has 2 aromatic rings. The van der Waals surface area contributed by atoms with Crippen molar-refractivity contribution in [2.75, 3.05) is 40.1 Å². The molecule has 0 aliphatic rings. The minimum atomic E-state index is -0.387. The van der Waals surface area contributed by atoms with Gasteiger partial charge in [0.05, 0.1) is 33.0 Å². The molecule has 0 aliphatic heterocycles. The fourth-order valence-electron chi connectivity index (χ4n) is 2.41. The Labute approximate surface area is 139 Å². The minimum absolute atomic E-state index is 0.346. The minimum Gasteiger partial charge on any atom is -0.382 e. The zero-order valence-corrected chi connectivity index (χ0v) is 14.6. The third-order valence-electron chi connectivity index (χ3n) is 3.84. The van der Waals surface area contributed by atoms with Crippen molar-refractivity contribution in [3.8, 4) is 0 Å². The summed E-state index contributed by atoms with van der Waals surface area (Å²) in [6.07, 6.45) is 0.542. The van der Waals surface area contributed by atoms with E-state index in [1.54, 1.807) is 25.8 Å². The van der Waals surface area contributed by atoms with E-state index in [9.17, 15) is 9.59 Å². The van der Waals surface area contributed by atoms with Crippen LogP contribution in [0.2, 0.25) is 0 Å². The predicted molar refractivity (Wildman–Crippen MR) is 88.4 cm³/mol. The molecule has 2 heterocycles. The van der Waals surface area contributed by atoms with Crippen molar-refractivity contribution >= 4 is 11.2 Å². The van der Waals surface area contributed by atoms with Gasteiger partial charge in [-0.15, -0.1) is 0 Å². The van der Waals surface area contributed by atoms with E-state index in [1.807, 2.05) is 0 Å². The lowest BCUT2D eigenvalue weighted by molar-refractivity contribution is 0.0252. The molecule has 0 radical (unpaired) electrons. The molecule has 0 aromatic carbocycles. The van der Waals surface area contributed by atoms with Crippen molar-refractivity contribution in [2.24, 2.45) is 21.1 Å². The van der Waals surface area contributed by atoms with Crippen LogP contribution in [-0.2, 0) is 41.8 Å². The standard InChI is InChI=1S/C15H24N4O5/c1-17-11(5-6-23-9-10-24-8-7-22-4)16-13-12(17)14(20)19(3)15(21)18(13)2/h5-10H2,1-4H3. The molecule has 0 N–H and O–H groups in total. The first-order valence-electron chi connectivity index (χ1n) is 7.74. The number of methoxy groups -OCH3 is 1. The molecular weight excluding hydrogens is 316 g/mol. The number of aromatic nitrogens is 4. The third kappa shape index (κ3) is 3.74. The van der Waals surface area contributed by atoms with E-state index >= 15 is 0 Å². The van der Waals surface area contributed by atoms with Crippen molar-refractivity contribution in [3.63, 3.8) is 0 Å². The van der Waals surface area contributed by atoms with Gasteiger partial charge in [0, 0.05) is 34.7 Å². The highest BCUT2D eigenvalue weighted by Crippen LogP contribution is 2.09. The summed E-state index contributed by atoms with van der Waals surface area (Å²) in [4.78, 5) is 28.6. The highest BCUT2D eigenvalue weighted by molar-refractivity contribution is 5.70. The lowest BCUT2D eigenvalue weighted by Gasteiger charge is -2.06. The number of fused-ring (bicyclic) bond motifs is 1. The fraction of sp³-hybridized carbons (Fsp3) is 0.667. The Morgan fingerprint density at radius 2 is 1.50 bits per heavy atom. The first-order chi connectivity index (χ1) is 11.5. The van der Waals surface area contributed by atoms with E-state index in [2.05, 4.69) is 4.98 Å². The molecule has 0 atom stereocenters. The number of ether oxygens (including phenoxy) is 3. The third-order valence-corrected chi connectivity index (χ3v) is 3.84. The normalized spacial score (nSPS) is 11.5.